The van der Waals surface area contributed by atoms with Gasteiger partial charge in [-0.3, -0.25) is 5.43 Å². The van der Waals surface area contributed by atoms with Crippen LogP contribution in [0.15, 0.2) is 12.1 Å². The van der Waals surface area contributed by atoms with Crippen molar-refractivity contribution in [2.24, 2.45) is 0 Å². The molecule has 108 valence electrons. The topological polar surface area (TPSA) is 74.2 Å². The molecular weight excluding hydrogens is 268 g/mol. The van der Waals surface area contributed by atoms with Gasteiger partial charge in [0.1, 0.15) is 17.2 Å². The molecule has 7 heteroatoms. The van der Waals surface area contributed by atoms with E-state index in [9.17, 15) is 13.6 Å². The van der Waals surface area contributed by atoms with Gasteiger partial charge in [-0.25, -0.2) is 19.0 Å². The van der Waals surface area contributed by atoms with Crippen molar-refractivity contribution in [3.63, 3.8) is 0 Å². The minimum Gasteiger partial charge on any atom is -0.443 e. The highest BCUT2D eigenvalue weighted by Gasteiger charge is 2.16. The number of halogens is 2. The highest BCUT2D eigenvalue weighted by atomic mass is 19.1. The lowest BCUT2D eigenvalue weighted by Gasteiger charge is -2.19. The number of hydrogen-bond acceptors (Lipinski definition) is 4. The normalized spacial score (nSPS) is 10.8. The lowest BCUT2D eigenvalue weighted by Crippen LogP contribution is -2.41. The number of nitrogens with zero attached hydrogens (tertiary/aromatic N) is 1. The van der Waals surface area contributed by atoms with Crippen molar-refractivity contribution in [2.45, 2.75) is 32.9 Å². The van der Waals surface area contributed by atoms with Crippen LogP contribution in [0.2, 0.25) is 0 Å². The van der Waals surface area contributed by atoms with Gasteiger partial charge in [-0.15, -0.1) is 0 Å². The number of benzene rings is 1. The molecule has 0 aliphatic carbocycles. The molecule has 0 radical (unpaired) electrons. The first-order valence-corrected chi connectivity index (χ1v) is 5.83. The fourth-order valence-electron chi connectivity index (χ4n) is 1.34. The average molecular weight is 283 g/mol. The molecule has 0 fully saturated rings. The van der Waals surface area contributed by atoms with Crippen LogP contribution in [0.3, 0.4) is 0 Å². The Labute approximate surface area is 115 Å². The van der Waals surface area contributed by atoms with E-state index in [1.54, 1.807) is 26.8 Å². The Morgan fingerprint density at radius 3 is 2.35 bits per heavy atom. The maximum absolute atomic E-state index is 13.5. The minimum atomic E-state index is -0.861. The second-order valence-electron chi connectivity index (χ2n) is 5.01. The Bertz CT molecular complexity index is 525. The summed E-state index contributed by atoms with van der Waals surface area (Å²) in [4.78, 5) is 11.3. The van der Waals surface area contributed by atoms with Crippen molar-refractivity contribution in [2.75, 3.05) is 0 Å². The summed E-state index contributed by atoms with van der Waals surface area (Å²) in [5.41, 5.74) is 3.46. The molecule has 0 saturated heterocycles. The van der Waals surface area contributed by atoms with Crippen LogP contribution < -0.4 is 10.9 Å². The monoisotopic (exact) mass is 283 g/mol. The first kappa shape index (κ1) is 15.9. The molecule has 0 heterocycles. The van der Waals surface area contributed by atoms with Crippen LogP contribution in [0, 0.1) is 23.0 Å². The number of hydrazine groups is 1. The van der Waals surface area contributed by atoms with E-state index >= 15 is 0 Å². The van der Waals surface area contributed by atoms with Crippen LogP contribution in [0.4, 0.5) is 13.6 Å². The predicted molar refractivity (Wildman–Crippen MR) is 67.3 cm³/mol. The van der Waals surface area contributed by atoms with Crippen molar-refractivity contribution in [1.29, 1.82) is 5.26 Å². The zero-order valence-corrected chi connectivity index (χ0v) is 11.4. The van der Waals surface area contributed by atoms with Gasteiger partial charge in [0.2, 0.25) is 0 Å². The molecule has 1 amide bonds. The standard InChI is InChI=1S/C13H15F2N3O2/c1-13(2,3)20-12(19)18-17-7-9-10(14)4-8(6-16)5-11(9)15/h4-5,17H,7H2,1-3H3,(H,18,19). The molecule has 0 bridgehead atoms. The van der Waals surface area contributed by atoms with Crippen LogP contribution in [0.5, 0.6) is 0 Å². The van der Waals surface area contributed by atoms with E-state index in [-0.39, 0.29) is 17.7 Å². The largest absolute Gasteiger partial charge is 0.443 e. The zero-order valence-electron chi connectivity index (χ0n) is 11.4. The first-order chi connectivity index (χ1) is 9.23. The smallest absolute Gasteiger partial charge is 0.422 e. The van der Waals surface area contributed by atoms with Gasteiger partial charge in [0, 0.05) is 12.1 Å². The van der Waals surface area contributed by atoms with Gasteiger partial charge in [0.25, 0.3) is 0 Å². The molecule has 0 unspecified atom stereocenters. The Morgan fingerprint density at radius 2 is 1.90 bits per heavy atom. The number of carbonyl (C=O) groups is 1. The summed E-state index contributed by atoms with van der Waals surface area (Å²) in [5.74, 6) is -1.72. The summed E-state index contributed by atoms with van der Waals surface area (Å²) >= 11 is 0. The van der Waals surface area contributed by atoms with Crippen molar-refractivity contribution < 1.29 is 18.3 Å². The summed E-state index contributed by atoms with van der Waals surface area (Å²) in [7, 11) is 0. The van der Waals surface area contributed by atoms with Gasteiger partial charge in [-0.1, -0.05) is 0 Å². The molecule has 0 aromatic heterocycles. The molecular formula is C13H15F2N3O2. The molecule has 5 nitrogen and oxygen atoms in total. The van der Waals surface area contributed by atoms with E-state index in [0.717, 1.165) is 12.1 Å². The highest BCUT2D eigenvalue weighted by Crippen LogP contribution is 2.14. The van der Waals surface area contributed by atoms with E-state index < -0.39 is 23.3 Å². The number of rotatable bonds is 3. The fraction of sp³-hybridized carbons (Fsp3) is 0.385. The number of hydrogen-bond donors (Lipinski definition) is 2. The summed E-state index contributed by atoms with van der Waals surface area (Å²) in [6.07, 6.45) is -0.757. The summed E-state index contributed by atoms with van der Waals surface area (Å²) in [6.45, 7) is 4.79. The summed E-state index contributed by atoms with van der Waals surface area (Å²) in [6, 6.07) is 3.49. The minimum absolute atomic E-state index is 0.108. The van der Waals surface area contributed by atoms with E-state index in [2.05, 4.69) is 10.9 Å². The Hall–Kier alpha value is -2.20. The highest BCUT2D eigenvalue weighted by molar-refractivity contribution is 5.66. The van der Waals surface area contributed by atoms with Gasteiger partial charge in [-0.05, 0) is 32.9 Å². The average Bonchev–Trinajstić information content (AvgIpc) is 2.30. The molecule has 0 aliphatic heterocycles. The molecule has 0 aliphatic rings. The van der Waals surface area contributed by atoms with Gasteiger partial charge < -0.3 is 4.74 Å². The lowest BCUT2D eigenvalue weighted by atomic mass is 10.1. The van der Waals surface area contributed by atoms with Gasteiger partial charge in [-0.2, -0.15) is 5.26 Å². The van der Waals surface area contributed by atoms with Crippen LogP contribution >= 0.6 is 0 Å². The molecule has 20 heavy (non-hydrogen) atoms. The number of nitrogens with one attached hydrogen (secondary N) is 2. The number of carbonyl (C=O) groups excluding carboxylic acids is 1. The van der Waals surface area contributed by atoms with Crippen LogP contribution in [-0.2, 0) is 11.3 Å². The van der Waals surface area contributed by atoms with E-state index in [1.165, 1.54) is 0 Å². The third kappa shape index (κ3) is 4.82. The fourth-order valence-corrected chi connectivity index (χ4v) is 1.34. The number of nitriles is 1. The van der Waals surface area contributed by atoms with E-state index in [0.29, 0.717) is 0 Å². The van der Waals surface area contributed by atoms with Crippen molar-refractivity contribution in [3.8, 4) is 6.07 Å². The van der Waals surface area contributed by atoms with Crippen molar-refractivity contribution in [1.82, 2.24) is 10.9 Å². The van der Waals surface area contributed by atoms with Crippen LogP contribution in [0.25, 0.3) is 0 Å². The molecule has 1 aromatic carbocycles. The van der Waals surface area contributed by atoms with Gasteiger partial charge in [0.15, 0.2) is 0 Å². The lowest BCUT2D eigenvalue weighted by molar-refractivity contribution is 0.0496. The van der Waals surface area contributed by atoms with Crippen molar-refractivity contribution in [3.05, 3.63) is 34.9 Å². The van der Waals surface area contributed by atoms with E-state index in [4.69, 9.17) is 10.00 Å². The zero-order chi connectivity index (χ0) is 15.3. The third-order valence-electron chi connectivity index (χ3n) is 2.12. The number of ether oxygens (including phenoxy) is 1. The quantitative estimate of drug-likeness (QED) is 0.835. The van der Waals surface area contributed by atoms with Gasteiger partial charge >= 0.3 is 6.09 Å². The molecule has 1 rings (SSSR count). The second kappa shape index (κ2) is 6.30. The second-order valence-corrected chi connectivity index (χ2v) is 5.01. The Kier molecular flexibility index (Phi) is 5.00. The molecule has 0 saturated carbocycles. The molecule has 0 atom stereocenters. The number of amides is 1. The molecule has 1 aromatic rings. The van der Waals surface area contributed by atoms with Crippen LogP contribution in [-0.4, -0.2) is 11.7 Å². The first-order valence-electron chi connectivity index (χ1n) is 5.83. The molecule has 2 N–H and O–H groups in total. The van der Waals surface area contributed by atoms with Crippen LogP contribution in [0.1, 0.15) is 31.9 Å². The van der Waals surface area contributed by atoms with Gasteiger partial charge in [0.05, 0.1) is 11.6 Å². The maximum Gasteiger partial charge on any atom is 0.422 e. The predicted octanol–water partition coefficient (Wildman–Crippen LogP) is 2.37. The maximum atomic E-state index is 13.5. The summed E-state index contributed by atoms with van der Waals surface area (Å²) < 4.78 is 32.0. The van der Waals surface area contributed by atoms with Crippen molar-refractivity contribution >= 4 is 6.09 Å². The third-order valence-corrected chi connectivity index (χ3v) is 2.12. The SMILES string of the molecule is CC(C)(C)OC(=O)NNCc1c(F)cc(C#N)cc1F. The van der Waals surface area contributed by atoms with E-state index in [1.807, 2.05) is 0 Å². The Balaban J connectivity index is 2.59. The molecule has 0 spiro atoms. The Morgan fingerprint density at radius 1 is 1.35 bits per heavy atom. The summed E-state index contributed by atoms with van der Waals surface area (Å²) in [5, 5.41) is 8.56.